The zero-order valence-corrected chi connectivity index (χ0v) is 11.9. The van der Waals surface area contributed by atoms with Crippen molar-refractivity contribution in [1.82, 2.24) is 5.43 Å². The van der Waals surface area contributed by atoms with Crippen molar-refractivity contribution in [2.24, 2.45) is 11.8 Å². The van der Waals surface area contributed by atoms with Gasteiger partial charge in [0.2, 0.25) is 0 Å². The van der Waals surface area contributed by atoms with Gasteiger partial charge in [-0.2, -0.15) is 0 Å². The van der Waals surface area contributed by atoms with Crippen LogP contribution in [0.3, 0.4) is 0 Å². The van der Waals surface area contributed by atoms with Crippen LogP contribution < -0.4 is 11.3 Å². The summed E-state index contributed by atoms with van der Waals surface area (Å²) in [6, 6.07) is 8.63. The lowest BCUT2D eigenvalue weighted by Crippen LogP contribution is -2.33. The Morgan fingerprint density at radius 3 is 2.50 bits per heavy atom. The molecule has 1 aromatic carbocycles. The maximum atomic E-state index is 5.62. The molecule has 0 aromatic heterocycles. The first-order valence-electron chi connectivity index (χ1n) is 5.39. The molecule has 90 valence electrons. The van der Waals surface area contributed by atoms with E-state index in [1.807, 2.05) is 0 Å². The highest BCUT2D eigenvalue weighted by atomic mass is 127. The summed E-state index contributed by atoms with van der Waals surface area (Å²) in [6.45, 7) is 2.95. The van der Waals surface area contributed by atoms with Gasteiger partial charge in [0.05, 0.1) is 0 Å². The summed E-state index contributed by atoms with van der Waals surface area (Å²) in [5.74, 6) is 6.07. The van der Waals surface area contributed by atoms with E-state index < -0.39 is 0 Å². The van der Waals surface area contributed by atoms with Crippen LogP contribution in [0.2, 0.25) is 0 Å². The molecule has 0 radical (unpaired) electrons. The number of rotatable bonds is 6. The molecule has 0 aliphatic rings. The Hall–Kier alpha value is -0.170. The van der Waals surface area contributed by atoms with Crippen LogP contribution in [0.1, 0.15) is 24.9 Å². The third-order valence-electron chi connectivity index (χ3n) is 2.76. The molecule has 16 heavy (non-hydrogen) atoms. The lowest BCUT2D eigenvalue weighted by atomic mass is 9.93. The van der Waals surface area contributed by atoms with Gasteiger partial charge in [0.1, 0.15) is 0 Å². The quantitative estimate of drug-likeness (QED) is 0.477. The third-order valence-corrected chi connectivity index (χ3v) is 3.47. The van der Waals surface area contributed by atoms with Gasteiger partial charge >= 0.3 is 0 Å². The Balaban J connectivity index is 2.69. The van der Waals surface area contributed by atoms with Gasteiger partial charge in [-0.05, 0) is 52.6 Å². The zero-order valence-electron chi connectivity index (χ0n) is 9.74. The van der Waals surface area contributed by atoms with Crippen molar-refractivity contribution in [2.75, 3.05) is 13.7 Å². The molecule has 0 fully saturated rings. The topological polar surface area (TPSA) is 47.3 Å². The zero-order chi connectivity index (χ0) is 12.0. The number of halogens is 1. The molecule has 4 heteroatoms. The third kappa shape index (κ3) is 4.01. The number of nitrogens with two attached hydrogens (primary N) is 1. The normalized spacial score (nSPS) is 14.8. The van der Waals surface area contributed by atoms with E-state index in [2.05, 4.69) is 59.2 Å². The molecule has 0 aliphatic heterocycles. The van der Waals surface area contributed by atoms with Crippen molar-refractivity contribution in [2.45, 2.75) is 19.4 Å². The second-order valence-corrected chi connectivity index (χ2v) is 5.20. The van der Waals surface area contributed by atoms with E-state index in [1.54, 1.807) is 7.11 Å². The van der Waals surface area contributed by atoms with E-state index in [9.17, 15) is 0 Å². The largest absolute Gasteiger partial charge is 0.385 e. The number of methoxy groups -OCH3 is 1. The number of benzene rings is 1. The van der Waals surface area contributed by atoms with Gasteiger partial charge in [-0.3, -0.25) is 11.3 Å². The Morgan fingerprint density at radius 1 is 1.38 bits per heavy atom. The summed E-state index contributed by atoms with van der Waals surface area (Å²) < 4.78 is 6.33. The smallest absolute Gasteiger partial charge is 0.0486 e. The first-order chi connectivity index (χ1) is 7.69. The molecule has 0 aliphatic carbocycles. The van der Waals surface area contributed by atoms with Crippen LogP contribution in [0, 0.1) is 9.49 Å². The van der Waals surface area contributed by atoms with E-state index in [0.717, 1.165) is 13.0 Å². The average molecular weight is 334 g/mol. The number of nitrogens with one attached hydrogen (secondary N) is 1. The monoisotopic (exact) mass is 334 g/mol. The van der Waals surface area contributed by atoms with E-state index in [4.69, 9.17) is 10.6 Å². The maximum Gasteiger partial charge on any atom is 0.0486 e. The number of hydrogen-bond donors (Lipinski definition) is 2. The highest BCUT2D eigenvalue weighted by Gasteiger charge is 2.17. The fraction of sp³-hybridized carbons (Fsp3) is 0.500. The SMILES string of the molecule is COCCC(C)C(NN)c1ccc(I)cc1. The molecule has 0 heterocycles. The molecular weight excluding hydrogens is 315 g/mol. The minimum atomic E-state index is 0.187. The summed E-state index contributed by atoms with van der Waals surface area (Å²) in [6.07, 6.45) is 0.997. The van der Waals surface area contributed by atoms with Crippen LogP contribution in [0.25, 0.3) is 0 Å². The van der Waals surface area contributed by atoms with Crippen molar-refractivity contribution in [1.29, 1.82) is 0 Å². The summed E-state index contributed by atoms with van der Waals surface area (Å²) in [5.41, 5.74) is 4.12. The van der Waals surface area contributed by atoms with Gasteiger partial charge in [-0.15, -0.1) is 0 Å². The van der Waals surface area contributed by atoms with E-state index in [-0.39, 0.29) is 6.04 Å². The van der Waals surface area contributed by atoms with Crippen LogP contribution in [-0.4, -0.2) is 13.7 Å². The summed E-state index contributed by atoms with van der Waals surface area (Å²) >= 11 is 2.30. The summed E-state index contributed by atoms with van der Waals surface area (Å²) in [4.78, 5) is 0. The van der Waals surface area contributed by atoms with E-state index in [0.29, 0.717) is 5.92 Å². The van der Waals surface area contributed by atoms with Gasteiger partial charge in [-0.25, -0.2) is 0 Å². The minimum absolute atomic E-state index is 0.187. The summed E-state index contributed by atoms with van der Waals surface area (Å²) in [7, 11) is 1.72. The van der Waals surface area contributed by atoms with Crippen LogP contribution in [0.15, 0.2) is 24.3 Å². The highest BCUT2D eigenvalue weighted by molar-refractivity contribution is 14.1. The van der Waals surface area contributed by atoms with Crippen LogP contribution >= 0.6 is 22.6 Å². The lowest BCUT2D eigenvalue weighted by molar-refractivity contribution is 0.170. The molecule has 0 saturated heterocycles. The van der Waals surface area contributed by atoms with E-state index >= 15 is 0 Å². The summed E-state index contributed by atoms with van der Waals surface area (Å²) in [5, 5.41) is 0. The fourth-order valence-corrected chi connectivity index (χ4v) is 2.09. The number of hydrazine groups is 1. The molecule has 0 saturated carbocycles. The Morgan fingerprint density at radius 2 is 2.00 bits per heavy atom. The van der Waals surface area contributed by atoms with Gasteiger partial charge in [-0.1, -0.05) is 19.1 Å². The van der Waals surface area contributed by atoms with Crippen LogP contribution in [0.5, 0.6) is 0 Å². The fourth-order valence-electron chi connectivity index (χ4n) is 1.73. The molecular formula is C12H19IN2O. The predicted molar refractivity (Wildman–Crippen MR) is 74.9 cm³/mol. The van der Waals surface area contributed by atoms with Crippen molar-refractivity contribution >= 4 is 22.6 Å². The van der Waals surface area contributed by atoms with Crippen molar-refractivity contribution in [3.8, 4) is 0 Å². The second-order valence-electron chi connectivity index (χ2n) is 3.95. The Bertz CT molecular complexity index is 302. The maximum absolute atomic E-state index is 5.62. The molecule has 0 bridgehead atoms. The second kappa shape index (κ2) is 7.21. The molecule has 0 amide bonds. The molecule has 1 aromatic rings. The van der Waals surface area contributed by atoms with E-state index in [1.165, 1.54) is 9.13 Å². The predicted octanol–water partition coefficient (Wildman–Crippen LogP) is 2.47. The van der Waals surface area contributed by atoms with Gasteiger partial charge in [0, 0.05) is 23.3 Å². The molecule has 1 rings (SSSR count). The standard InChI is InChI=1S/C12H19IN2O/c1-9(7-8-16-2)12(15-14)10-3-5-11(13)6-4-10/h3-6,9,12,15H,7-8,14H2,1-2H3. The molecule has 3 nitrogen and oxygen atoms in total. The first-order valence-corrected chi connectivity index (χ1v) is 6.47. The van der Waals surface area contributed by atoms with Gasteiger partial charge < -0.3 is 4.74 Å². The van der Waals surface area contributed by atoms with Crippen molar-refractivity contribution in [3.63, 3.8) is 0 Å². The Kier molecular flexibility index (Phi) is 6.26. The first kappa shape index (κ1) is 13.9. The molecule has 2 atom stereocenters. The van der Waals surface area contributed by atoms with Crippen molar-refractivity contribution in [3.05, 3.63) is 33.4 Å². The molecule has 3 N–H and O–H groups in total. The number of hydrogen-bond acceptors (Lipinski definition) is 3. The molecule has 0 spiro atoms. The minimum Gasteiger partial charge on any atom is -0.385 e. The lowest BCUT2D eigenvalue weighted by Gasteiger charge is -2.23. The van der Waals surface area contributed by atoms with Crippen LogP contribution in [-0.2, 0) is 4.74 Å². The number of ether oxygens (including phenoxy) is 1. The Labute approximate surface area is 111 Å². The van der Waals surface area contributed by atoms with Gasteiger partial charge in [0.25, 0.3) is 0 Å². The van der Waals surface area contributed by atoms with Gasteiger partial charge in [0.15, 0.2) is 0 Å². The van der Waals surface area contributed by atoms with Crippen LogP contribution in [0.4, 0.5) is 0 Å². The molecule has 2 unspecified atom stereocenters. The highest BCUT2D eigenvalue weighted by Crippen LogP contribution is 2.24. The van der Waals surface area contributed by atoms with Crippen molar-refractivity contribution < 1.29 is 4.74 Å². The average Bonchev–Trinajstić information content (AvgIpc) is 2.30.